The van der Waals surface area contributed by atoms with Gasteiger partial charge in [0.05, 0.1) is 12.0 Å². The lowest BCUT2D eigenvalue weighted by atomic mass is 10.1. The van der Waals surface area contributed by atoms with E-state index in [4.69, 9.17) is 11.6 Å². The molecule has 0 saturated heterocycles. The van der Waals surface area contributed by atoms with Gasteiger partial charge in [-0.1, -0.05) is 53.2 Å². The highest BCUT2D eigenvalue weighted by Gasteiger charge is 2.14. The maximum atomic E-state index is 12.3. The van der Waals surface area contributed by atoms with Crippen LogP contribution in [0.3, 0.4) is 0 Å². The number of hydrogen-bond donors (Lipinski definition) is 1. The second kappa shape index (κ2) is 10.4. The molecule has 0 aliphatic heterocycles. The number of aromatic nitrogens is 3. The molecule has 1 amide bonds. The summed E-state index contributed by atoms with van der Waals surface area (Å²) in [7, 11) is 0. The molecule has 1 N–H and O–H groups in total. The standard InChI is InChI=1S/C26H26ClN5OS/c1-16-9-10-24-21(11-16)22(19(4)32(24)14-20-7-5-6-8-23(20)27)13-28-31-25(33)15-34-26-29-17(2)12-18(3)30-26/h5-13H,14-15H2,1-4H3,(H,31,33)/b28-13+. The number of amides is 1. The van der Waals surface area contributed by atoms with Gasteiger partial charge in [-0.25, -0.2) is 15.4 Å². The number of thioether (sulfide) groups is 1. The van der Waals surface area contributed by atoms with Crippen molar-refractivity contribution >= 4 is 46.4 Å². The van der Waals surface area contributed by atoms with E-state index < -0.39 is 0 Å². The van der Waals surface area contributed by atoms with Gasteiger partial charge in [-0.15, -0.1) is 0 Å². The zero-order chi connectivity index (χ0) is 24.2. The average Bonchev–Trinajstić information content (AvgIpc) is 3.03. The highest BCUT2D eigenvalue weighted by atomic mass is 35.5. The van der Waals surface area contributed by atoms with E-state index in [0.717, 1.165) is 49.7 Å². The third-order valence-electron chi connectivity index (χ3n) is 5.49. The van der Waals surface area contributed by atoms with Gasteiger partial charge in [0.1, 0.15) is 0 Å². The van der Waals surface area contributed by atoms with Crippen LogP contribution in [0.4, 0.5) is 0 Å². The Morgan fingerprint density at radius 1 is 1.09 bits per heavy atom. The fourth-order valence-corrected chi connectivity index (χ4v) is 4.81. The predicted molar refractivity (Wildman–Crippen MR) is 140 cm³/mol. The normalized spacial score (nSPS) is 11.4. The number of rotatable bonds is 7. The molecule has 0 bridgehead atoms. The second-order valence-electron chi connectivity index (χ2n) is 8.21. The molecule has 4 aromatic rings. The van der Waals surface area contributed by atoms with Crippen LogP contribution in [0.2, 0.25) is 5.02 Å². The van der Waals surface area contributed by atoms with E-state index in [1.54, 1.807) is 6.21 Å². The highest BCUT2D eigenvalue weighted by Crippen LogP contribution is 2.28. The third-order valence-corrected chi connectivity index (χ3v) is 6.71. The van der Waals surface area contributed by atoms with Crippen LogP contribution < -0.4 is 5.43 Å². The first-order chi connectivity index (χ1) is 16.3. The fourth-order valence-electron chi connectivity index (χ4n) is 3.87. The van der Waals surface area contributed by atoms with Gasteiger partial charge < -0.3 is 4.57 Å². The fraction of sp³-hybridized carbons (Fsp3) is 0.231. The monoisotopic (exact) mass is 491 g/mol. The minimum Gasteiger partial charge on any atom is -0.340 e. The summed E-state index contributed by atoms with van der Waals surface area (Å²) in [6, 6.07) is 16.1. The Labute approximate surface area is 208 Å². The smallest absolute Gasteiger partial charge is 0.250 e. The van der Waals surface area contributed by atoms with Crippen LogP contribution in [-0.2, 0) is 11.3 Å². The Morgan fingerprint density at radius 3 is 2.56 bits per heavy atom. The number of carbonyl (C=O) groups is 1. The van der Waals surface area contributed by atoms with Gasteiger partial charge in [0.25, 0.3) is 5.91 Å². The van der Waals surface area contributed by atoms with Gasteiger partial charge in [-0.05, 0) is 57.5 Å². The predicted octanol–water partition coefficient (Wildman–Crippen LogP) is 5.61. The second-order valence-corrected chi connectivity index (χ2v) is 9.56. The molecule has 0 aliphatic rings. The highest BCUT2D eigenvalue weighted by molar-refractivity contribution is 7.99. The first-order valence-electron chi connectivity index (χ1n) is 10.9. The lowest BCUT2D eigenvalue weighted by molar-refractivity contribution is -0.118. The lowest BCUT2D eigenvalue weighted by Crippen LogP contribution is -2.20. The molecule has 6 nitrogen and oxygen atoms in total. The van der Waals surface area contributed by atoms with E-state index >= 15 is 0 Å². The summed E-state index contributed by atoms with van der Waals surface area (Å²) in [6.07, 6.45) is 1.72. The number of hydrogen-bond acceptors (Lipinski definition) is 5. The Morgan fingerprint density at radius 2 is 1.82 bits per heavy atom. The van der Waals surface area contributed by atoms with E-state index in [1.165, 1.54) is 11.8 Å². The largest absolute Gasteiger partial charge is 0.340 e. The van der Waals surface area contributed by atoms with Crippen molar-refractivity contribution < 1.29 is 4.79 Å². The van der Waals surface area contributed by atoms with Crippen LogP contribution in [0, 0.1) is 27.7 Å². The van der Waals surface area contributed by atoms with Crippen molar-refractivity contribution in [1.82, 2.24) is 20.0 Å². The molecule has 34 heavy (non-hydrogen) atoms. The van der Waals surface area contributed by atoms with Gasteiger partial charge >= 0.3 is 0 Å². The summed E-state index contributed by atoms with van der Waals surface area (Å²) in [5.74, 6) is -0.0234. The summed E-state index contributed by atoms with van der Waals surface area (Å²) >= 11 is 7.71. The van der Waals surface area contributed by atoms with Crippen LogP contribution in [0.1, 0.15) is 33.8 Å². The summed E-state index contributed by atoms with van der Waals surface area (Å²) in [5.41, 5.74) is 9.72. The van der Waals surface area contributed by atoms with Gasteiger partial charge in [0.2, 0.25) is 0 Å². The molecule has 4 rings (SSSR count). The SMILES string of the molecule is Cc1ccc2c(c1)c(/C=N/NC(=O)CSc1nc(C)cc(C)n1)c(C)n2Cc1ccccc1Cl. The van der Waals surface area contributed by atoms with Crippen LogP contribution in [0.15, 0.2) is 58.8 Å². The first-order valence-corrected chi connectivity index (χ1v) is 12.3. The van der Waals surface area contributed by atoms with Crippen molar-refractivity contribution in [2.75, 3.05) is 5.75 Å². The molecule has 0 atom stereocenters. The zero-order valence-corrected chi connectivity index (χ0v) is 21.2. The van der Waals surface area contributed by atoms with E-state index in [1.807, 2.05) is 44.2 Å². The van der Waals surface area contributed by atoms with E-state index in [0.29, 0.717) is 11.7 Å². The van der Waals surface area contributed by atoms with E-state index in [-0.39, 0.29) is 11.7 Å². The molecule has 2 aromatic carbocycles. The summed E-state index contributed by atoms with van der Waals surface area (Å²) in [5, 5.41) is 6.66. The number of carbonyl (C=O) groups excluding carboxylic acids is 1. The Balaban J connectivity index is 1.53. The molecule has 0 fully saturated rings. The van der Waals surface area contributed by atoms with Gasteiger partial charge in [0, 0.05) is 45.1 Å². The van der Waals surface area contributed by atoms with Crippen molar-refractivity contribution in [3.63, 3.8) is 0 Å². The van der Waals surface area contributed by atoms with E-state index in [2.05, 4.69) is 57.1 Å². The summed E-state index contributed by atoms with van der Waals surface area (Å²) in [4.78, 5) is 21.0. The van der Waals surface area contributed by atoms with Crippen molar-refractivity contribution in [3.8, 4) is 0 Å². The van der Waals surface area contributed by atoms with Crippen molar-refractivity contribution in [1.29, 1.82) is 0 Å². The molecule has 0 aliphatic carbocycles. The minimum absolute atomic E-state index is 0.187. The maximum Gasteiger partial charge on any atom is 0.250 e. The molecule has 0 unspecified atom stereocenters. The van der Waals surface area contributed by atoms with Gasteiger partial charge in [-0.3, -0.25) is 4.79 Å². The molecule has 0 radical (unpaired) electrons. The zero-order valence-electron chi connectivity index (χ0n) is 19.6. The molecular weight excluding hydrogens is 466 g/mol. The average molecular weight is 492 g/mol. The summed E-state index contributed by atoms with van der Waals surface area (Å²) in [6.45, 7) is 8.60. The van der Waals surface area contributed by atoms with Crippen molar-refractivity contribution in [2.24, 2.45) is 5.10 Å². The number of hydrazone groups is 1. The number of nitrogens with zero attached hydrogens (tertiary/aromatic N) is 4. The molecule has 174 valence electrons. The number of halogens is 1. The number of benzene rings is 2. The minimum atomic E-state index is -0.211. The molecule has 2 aromatic heterocycles. The maximum absolute atomic E-state index is 12.3. The Bertz CT molecular complexity index is 1380. The molecule has 8 heteroatoms. The molecule has 2 heterocycles. The van der Waals surface area contributed by atoms with Crippen molar-refractivity contribution in [3.05, 3.63) is 87.3 Å². The lowest BCUT2D eigenvalue weighted by Gasteiger charge is -2.10. The molecule has 0 saturated carbocycles. The molecular formula is C26H26ClN5OS. The Hall–Kier alpha value is -3.16. The van der Waals surface area contributed by atoms with Gasteiger partial charge in [0.15, 0.2) is 5.16 Å². The Kier molecular flexibility index (Phi) is 7.34. The number of nitrogens with one attached hydrogen (secondary N) is 1. The van der Waals surface area contributed by atoms with Crippen LogP contribution in [-0.4, -0.2) is 32.4 Å². The summed E-state index contributed by atoms with van der Waals surface area (Å²) < 4.78 is 2.23. The first kappa shape index (κ1) is 24.0. The van der Waals surface area contributed by atoms with Gasteiger partial charge in [-0.2, -0.15) is 5.10 Å². The van der Waals surface area contributed by atoms with Crippen LogP contribution in [0.25, 0.3) is 10.9 Å². The van der Waals surface area contributed by atoms with Crippen molar-refractivity contribution in [2.45, 2.75) is 39.4 Å². The topological polar surface area (TPSA) is 72.2 Å². The number of fused-ring (bicyclic) bond motifs is 1. The number of aryl methyl sites for hydroxylation is 3. The third kappa shape index (κ3) is 5.48. The quantitative estimate of drug-likeness (QED) is 0.158. The van der Waals surface area contributed by atoms with E-state index in [9.17, 15) is 4.79 Å². The van der Waals surface area contributed by atoms with Crippen LogP contribution >= 0.6 is 23.4 Å². The molecule has 0 spiro atoms. The van der Waals surface area contributed by atoms with Crippen LogP contribution in [0.5, 0.6) is 0 Å².